The van der Waals surface area contributed by atoms with Gasteiger partial charge in [-0.2, -0.15) is 30.6 Å². The summed E-state index contributed by atoms with van der Waals surface area (Å²) in [5.41, 5.74) is 45.5. The van der Waals surface area contributed by atoms with Gasteiger partial charge in [-0.3, -0.25) is 9.97 Å². The summed E-state index contributed by atoms with van der Waals surface area (Å²) in [6, 6.07) is 0. The van der Waals surface area contributed by atoms with Crippen LogP contribution in [0.5, 0.6) is 0 Å². The summed E-state index contributed by atoms with van der Waals surface area (Å²) in [5.74, 6) is 4.07. The highest BCUT2D eigenvalue weighted by Crippen LogP contribution is 2.34. The molecule has 590 valence electrons. The molecule has 0 aliphatic rings. The standard InChI is InChI=1S/C15H22N2.3C13H19N3.3C11H16N4/c1-8(2)14-12(6)16-17-13(7)10(4)9(3)11(5)15(14)17;1-7(2)12-9(4)15-16-11(6)8(3)14-10(5)13(12)16;1-7(2)12-10(5)15-16-11(6)14-9(4)8(3)13(12)16;1-7(2)12-13-10(5)8(3)9(4)11(6)16(13)15-14-12;1-6(2)10-11-8(4)12-7(3)9(5)15(11)14-13-10;1-6(2)10-9(5)14-15-11(10)12-7(3)8(4)13-15;1-6(2)10-11-8(4)7(3)9(5)13-15(11)14-12-10/h8H,1-7H3;3*7H,1-6H3;3*6H,1-5H3. The molecule has 0 atom stereocenters. The SMILES string of the molecule is Cc1c(C)c(C)n2nnc(C(C)C)c2c1C.Cc1nc(C)c2c(C(C)C)nnn2c1C.Cc1nc(C)n2nc(C)c(C(C)C)c2c1C.Cc1nc2c(C(C)C)c(C)nn2nc1C.Cc1nn2c(C)c(C)c(C)c(C)c2c1C(C)C.Cc1nn2c(C)c(C)nc(C)c2c1C(C)C.Cc1nn2nnc(C(C)C)c2c(C)c1C. The minimum absolute atomic E-state index is 0.380. The molecule has 0 aliphatic heterocycles. The largest absolute Gasteiger partial charge is 0.254 e. The van der Waals surface area contributed by atoms with Crippen molar-refractivity contribution in [2.24, 2.45) is 0 Å². The van der Waals surface area contributed by atoms with E-state index in [9.17, 15) is 0 Å². The topological polar surface area (TPSA) is 237 Å². The first-order valence-electron chi connectivity index (χ1n) is 39.2. The van der Waals surface area contributed by atoms with E-state index in [4.69, 9.17) is 5.10 Å². The summed E-state index contributed by atoms with van der Waals surface area (Å²) in [4.78, 5) is 18.2. The Morgan fingerprint density at radius 2 is 0.555 bits per heavy atom. The van der Waals surface area contributed by atoms with Crippen LogP contribution in [-0.2, 0) is 0 Å². The molecule has 0 saturated heterocycles. The van der Waals surface area contributed by atoms with Crippen LogP contribution < -0.4 is 0 Å². The molecule has 14 heterocycles. The molecular weight excluding hydrogens is 1370 g/mol. The molecule has 0 saturated carbocycles. The van der Waals surface area contributed by atoms with Crippen LogP contribution in [0.3, 0.4) is 0 Å². The summed E-state index contributed by atoms with van der Waals surface area (Å²) in [6.07, 6.45) is 0. The Hall–Kier alpha value is -9.80. The lowest BCUT2D eigenvalue weighted by molar-refractivity contribution is 0.716. The van der Waals surface area contributed by atoms with Crippen molar-refractivity contribution in [2.75, 3.05) is 0 Å². The molecule has 110 heavy (non-hydrogen) atoms. The van der Waals surface area contributed by atoms with Gasteiger partial charge in [-0.15, -0.1) is 24.6 Å². The molecule has 23 nitrogen and oxygen atoms in total. The molecule has 0 amide bonds. The second kappa shape index (κ2) is 33.8. The van der Waals surface area contributed by atoms with E-state index in [1.54, 1.807) is 9.26 Å². The van der Waals surface area contributed by atoms with Gasteiger partial charge in [-0.1, -0.05) is 107 Å². The summed E-state index contributed by atoms with van der Waals surface area (Å²) in [6.45, 7) is 84.6. The Morgan fingerprint density at radius 1 is 0.200 bits per heavy atom. The number of aromatic nitrogens is 23. The summed E-state index contributed by atoms with van der Waals surface area (Å²) in [7, 11) is 0. The van der Waals surface area contributed by atoms with Gasteiger partial charge in [-0.25, -0.2) is 32.5 Å². The number of aryl methyl sites for hydroxylation is 21. The predicted octanol–water partition coefficient (Wildman–Crippen LogP) is 19.8. The normalized spacial score (nSPS) is 11.7. The first-order valence-corrected chi connectivity index (χ1v) is 39.2. The minimum atomic E-state index is 0.380. The van der Waals surface area contributed by atoms with Crippen molar-refractivity contribution < 1.29 is 0 Å². The monoisotopic (exact) mass is 1490 g/mol. The molecule has 23 heteroatoms. The quantitative estimate of drug-likeness (QED) is 0.144. The Labute approximate surface area is 653 Å². The van der Waals surface area contributed by atoms with E-state index in [2.05, 4.69) is 296 Å². The van der Waals surface area contributed by atoms with E-state index in [0.717, 1.165) is 119 Å². The van der Waals surface area contributed by atoms with Crippen LogP contribution in [-0.4, -0.2) is 113 Å². The molecule has 14 rings (SSSR count). The molecular formula is C87H127N23. The van der Waals surface area contributed by atoms with Gasteiger partial charge in [0.25, 0.3) is 0 Å². The fourth-order valence-electron chi connectivity index (χ4n) is 15.0. The molecule has 14 aromatic rings. The summed E-state index contributed by atoms with van der Waals surface area (Å²) >= 11 is 0. The number of fused-ring (bicyclic) bond motifs is 7. The fourth-order valence-corrected chi connectivity index (χ4v) is 15.0. The zero-order valence-electron chi connectivity index (χ0n) is 74.3. The summed E-state index contributed by atoms with van der Waals surface area (Å²) in [5, 5.41) is 52.3. The Bertz CT molecular complexity index is 5730. The third-order valence-electron chi connectivity index (χ3n) is 22.4. The maximum absolute atomic E-state index is 4.71. The molecule has 0 N–H and O–H groups in total. The van der Waals surface area contributed by atoms with E-state index < -0.39 is 0 Å². The Kier molecular flexibility index (Phi) is 26.4. The average Bonchev–Trinajstić information content (AvgIpc) is 1.70. The van der Waals surface area contributed by atoms with E-state index in [1.807, 2.05) is 80.4 Å². The highest BCUT2D eigenvalue weighted by atomic mass is 15.5. The zero-order valence-corrected chi connectivity index (χ0v) is 74.3. The number of pyridine rings is 2. The Balaban J connectivity index is 0.000000161. The van der Waals surface area contributed by atoms with Crippen LogP contribution in [0, 0.1) is 180 Å². The maximum Gasteiger partial charge on any atom is 0.179 e. The van der Waals surface area contributed by atoms with Gasteiger partial charge in [0.05, 0.1) is 113 Å². The van der Waals surface area contributed by atoms with Crippen molar-refractivity contribution in [3.63, 3.8) is 0 Å². The Morgan fingerprint density at radius 3 is 1.04 bits per heavy atom. The van der Waals surface area contributed by atoms with Gasteiger partial charge in [0, 0.05) is 39.3 Å². The van der Waals surface area contributed by atoms with E-state index in [1.165, 1.54) is 106 Å². The van der Waals surface area contributed by atoms with Crippen molar-refractivity contribution in [1.82, 2.24) is 113 Å². The van der Waals surface area contributed by atoms with Crippen molar-refractivity contribution >= 4 is 38.7 Å². The smallest absolute Gasteiger partial charge is 0.179 e. The van der Waals surface area contributed by atoms with Gasteiger partial charge in [0.1, 0.15) is 16.9 Å². The van der Waals surface area contributed by atoms with Gasteiger partial charge >= 0.3 is 0 Å². The van der Waals surface area contributed by atoms with Crippen LogP contribution in [0.15, 0.2) is 0 Å². The fraction of sp³-hybridized carbons (Fsp3) is 0.540. The molecule has 0 spiro atoms. The third-order valence-corrected chi connectivity index (χ3v) is 22.4. The second-order valence-corrected chi connectivity index (χ2v) is 32.6. The highest BCUT2D eigenvalue weighted by molar-refractivity contribution is 5.69. The molecule has 0 unspecified atom stereocenters. The van der Waals surface area contributed by atoms with Crippen LogP contribution in [0.4, 0.5) is 0 Å². The predicted molar refractivity (Wildman–Crippen MR) is 448 cm³/mol. The average molecular weight is 1500 g/mol. The van der Waals surface area contributed by atoms with E-state index >= 15 is 0 Å². The lowest BCUT2D eigenvalue weighted by Gasteiger charge is -2.14. The summed E-state index contributed by atoms with van der Waals surface area (Å²) < 4.78 is 13.3. The number of rotatable bonds is 7. The lowest BCUT2D eigenvalue weighted by Crippen LogP contribution is -2.03. The van der Waals surface area contributed by atoms with E-state index in [-0.39, 0.29) is 0 Å². The van der Waals surface area contributed by atoms with Gasteiger partial charge in [-0.05, 0) is 277 Å². The highest BCUT2D eigenvalue weighted by Gasteiger charge is 2.24. The van der Waals surface area contributed by atoms with Crippen molar-refractivity contribution in [2.45, 2.75) is 318 Å². The van der Waals surface area contributed by atoms with Crippen LogP contribution >= 0.6 is 0 Å². The molecule has 0 radical (unpaired) electrons. The first kappa shape index (κ1) is 85.8. The molecule has 14 aromatic heterocycles. The minimum Gasteiger partial charge on any atom is -0.254 e. The number of hydrogen-bond donors (Lipinski definition) is 0. The number of nitrogens with zero attached hydrogens (tertiary/aromatic N) is 23. The third kappa shape index (κ3) is 16.5. The van der Waals surface area contributed by atoms with Gasteiger partial charge in [0.15, 0.2) is 5.65 Å². The van der Waals surface area contributed by atoms with Crippen LogP contribution in [0.2, 0.25) is 0 Å². The molecule has 0 aromatic carbocycles. The van der Waals surface area contributed by atoms with Gasteiger partial charge in [0.2, 0.25) is 0 Å². The maximum atomic E-state index is 4.71. The molecule has 0 bridgehead atoms. The molecule has 0 fully saturated rings. The first-order chi connectivity index (χ1) is 51.2. The molecule has 0 aliphatic carbocycles. The van der Waals surface area contributed by atoms with Crippen LogP contribution in [0.1, 0.15) is 325 Å². The second-order valence-electron chi connectivity index (χ2n) is 32.6. The lowest BCUT2D eigenvalue weighted by atomic mass is 9.96. The van der Waals surface area contributed by atoms with Crippen LogP contribution in [0.25, 0.3) is 38.7 Å². The zero-order chi connectivity index (χ0) is 82.5. The van der Waals surface area contributed by atoms with Gasteiger partial charge < -0.3 is 0 Å². The van der Waals surface area contributed by atoms with Crippen molar-refractivity contribution in [1.29, 1.82) is 0 Å². The van der Waals surface area contributed by atoms with Crippen molar-refractivity contribution in [3.8, 4) is 0 Å². The van der Waals surface area contributed by atoms with E-state index in [0.29, 0.717) is 41.4 Å². The van der Waals surface area contributed by atoms with Crippen molar-refractivity contribution in [3.05, 3.63) is 186 Å². The number of hydrogen-bond acceptors (Lipinski definition) is 16.